The fraction of sp³-hybridized carbons (Fsp3) is 0.786. The van der Waals surface area contributed by atoms with E-state index in [4.69, 9.17) is 15.3 Å². The van der Waals surface area contributed by atoms with E-state index < -0.39 is 76.4 Å². The number of rotatable bonds is 6. The van der Waals surface area contributed by atoms with Crippen molar-refractivity contribution in [2.24, 2.45) is 0 Å². The summed E-state index contributed by atoms with van der Waals surface area (Å²) in [7, 11) is -0.607. The maximum Gasteiger partial charge on any atom is 0.305 e. The van der Waals surface area contributed by atoms with Crippen LogP contribution in [0.1, 0.15) is 90.5 Å². The molecule has 0 bridgehead atoms. The van der Waals surface area contributed by atoms with E-state index in [1.807, 2.05) is 13.8 Å². The van der Waals surface area contributed by atoms with Crippen molar-refractivity contribution < 1.29 is 56.7 Å². The molecule has 3 aliphatic heterocycles. The van der Waals surface area contributed by atoms with Gasteiger partial charge >= 0.3 is 17.9 Å². The first kappa shape index (κ1) is 50.1. The number of carbonyl (C=O) groups is 6. The standard InChI is InChI=1S/C8H13NO5S.C8H13NO4S.C8H13NO3S.4CH4/c1-8(2)9(3)7(12)5(4-6(10)11)15(8,13)14;1-8(2)9(3)7(12)5(14(8)13)4-6(10)11;1-8(2)9(3)7(12)5(13-8)4-6(10)11;;;;/h5H,4H2,1-3H3,(H,10,11);5H,4H2,1-3H3,(H,10,11);5H,4H2,1-3H3,(H,10,11);4*1H4. The topological polar surface area (TPSA) is 224 Å². The van der Waals surface area contributed by atoms with E-state index >= 15 is 0 Å². The monoisotopic (exact) mass is 721 g/mol. The number of aliphatic carboxylic acids is 3. The van der Waals surface area contributed by atoms with Crippen molar-refractivity contribution in [2.45, 2.75) is 121 Å². The predicted octanol–water partition coefficient (Wildman–Crippen LogP) is 2.55. The van der Waals surface area contributed by atoms with E-state index in [9.17, 15) is 41.4 Å². The number of sulfone groups is 1. The van der Waals surface area contributed by atoms with Crippen LogP contribution >= 0.6 is 11.8 Å². The Morgan fingerprint density at radius 1 is 0.717 bits per heavy atom. The summed E-state index contributed by atoms with van der Waals surface area (Å²) in [6.07, 6.45) is -1.12. The molecule has 0 aromatic rings. The molecule has 0 aliphatic carbocycles. The van der Waals surface area contributed by atoms with E-state index in [2.05, 4.69) is 0 Å². The molecule has 15 nitrogen and oxygen atoms in total. The SMILES string of the molecule is C.C.C.C.CN1C(=O)C(CC(=O)O)S(=O)(=O)C1(C)C.CN1C(=O)C(CC(=O)O)S(=O)C1(C)C.CN1C(=O)C(CC(=O)O)SC1(C)C. The van der Waals surface area contributed by atoms with Crippen LogP contribution in [0.15, 0.2) is 0 Å². The lowest BCUT2D eigenvalue weighted by Gasteiger charge is -2.25. The summed E-state index contributed by atoms with van der Waals surface area (Å²) >= 11 is 1.41. The van der Waals surface area contributed by atoms with E-state index in [-0.39, 0.29) is 59.2 Å². The largest absolute Gasteiger partial charge is 0.481 e. The Bertz CT molecular complexity index is 1280. The average molecular weight is 722 g/mol. The maximum absolute atomic E-state index is 11.8. The highest BCUT2D eigenvalue weighted by molar-refractivity contribution is 8.02. The maximum atomic E-state index is 11.8. The van der Waals surface area contributed by atoms with Gasteiger partial charge in [0.05, 0.1) is 40.2 Å². The molecule has 46 heavy (non-hydrogen) atoms. The van der Waals surface area contributed by atoms with Gasteiger partial charge in [-0.15, -0.1) is 11.8 Å². The summed E-state index contributed by atoms with van der Waals surface area (Å²) in [5, 5.41) is 22.9. The minimum atomic E-state index is -3.76. The Kier molecular flexibility index (Phi) is 19.0. The number of nitrogens with zero attached hydrogens (tertiary/aromatic N) is 3. The van der Waals surface area contributed by atoms with Gasteiger partial charge in [0, 0.05) is 21.1 Å². The minimum Gasteiger partial charge on any atom is -0.481 e. The van der Waals surface area contributed by atoms with Crippen LogP contribution in [0.3, 0.4) is 0 Å². The van der Waals surface area contributed by atoms with Gasteiger partial charge in [0.25, 0.3) is 0 Å². The highest BCUT2D eigenvalue weighted by Gasteiger charge is 2.57. The van der Waals surface area contributed by atoms with Gasteiger partial charge in [-0.1, -0.05) is 29.7 Å². The molecule has 3 heterocycles. The summed E-state index contributed by atoms with van der Waals surface area (Å²) in [6.45, 7) is 9.95. The first-order valence-corrected chi connectivity index (χ1v) is 16.2. The summed E-state index contributed by atoms with van der Waals surface area (Å²) in [4.78, 5) is 67.6. The quantitative estimate of drug-likeness (QED) is 0.359. The third-order valence-electron chi connectivity index (χ3n) is 7.57. The second-order valence-electron chi connectivity index (χ2n) is 11.3. The molecule has 0 saturated carbocycles. The highest BCUT2D eigenvalue weighted by atomic mass is 32.2. The Morgan fingerprint density at radius 3 is 1.39 bits per heavy atom. The van der Waals surface area contributed by atoms with Crippen LogP contribution in [-0.4, -0.2) is 130 Å². The van der Waals surface area contributed by atoms with Gasteiger partial charge in [-0.25, -0.2) is 8.42 Å². The fourth-order valence-corrected chi connectivity index (χ4v) is 9.21. The van der Waals surface area contributed by atoms with E-state index in [0.717, 1.165) is 4.90 Å². The van der Waals surface area contributed by atoms with Crippen LogP contribution < -0.4 is 0 Å². The van der Waals surface area contributed by atoms with Gasteiger partial charge in [0.15, 0.2) is 15.1 Å². The zero-order valence-electron chi connectivity index (χ0n) is 24.9. The molecule has 3 aliphatic rings. The zero-order chi connectivity index (χ0) is 33.3. The summed E-state index contributed by atoms with van der Waals surface area (Å²) < 4.78 is 35.5. The molecule has 272 valence electrons. The average Bonchev–Trinajstić information content (AvgIpc) is 3.17. The number of thioether (sulfide) groups is 1. The Hall–Kier alpha value is -2.73. The first-order valence-electron chi connectivity index (χ1n) is 12.5. The molecule has 0 aromatic heterocycles. The van der Waals surface area contributed by atoms with Crippen LogP contribution in [0.25, 0.3) is 0 Å². The molecule has 3 fully saturated rings. The molecule has 3 saturated heterocycles. The van der Waals surface area contributed by atoms with Gasteiger partial charge in [-0.3, -0.25) is 33.0 Å². The van der Waals surface area contributed by atoms with Crippen LogP contribution in [0.4, 0.5) is 0 Å². The predicted molar refractivity (Wildman–Crippen MR) is 180 cm³/mol. The van der Waals surface area contributed by atoms with Crippen molar-refractivity contribution in [1.29, 1.82) is 0 Å². The molecule has 4 atom stereocenters. The first-order chi connectivity index (χ1) is 18.7. The second kappa shape index (κ2) is 17.4. The van der Waals surface area contributed by atoms with Gasteiger partial charge in [0.1, 0.15) is 15.0 Å². The lowest BCUT2D eigenvalue weighted by Crippen LogP contribution is -2.41. The van der Waals surface area contributed by atoms with E-state index in [1.54, 1.807) is 32.8 Å². The van der Waals surface area contributed by atoms with Gasteiger partial charge in [0.2, 0.25) is 17.7 Å². The number of amides is 3. The number of hydrogen-bond donors (Lipinski definition) is 3. The number of carbonyl (C=O) groups excluding carboxylic acids is 3. The Labute approximate surface area is 280 Å². The minimum absolute atomic E-state index is 0. The summed E-state index contributed by atoms with van der Waals surface area (Å²) in [5.74, 6) is -4.39. The second-order valence-corrected chi connectivity index (χ2v) is 17.9. The molecular weight excluding hydrogens is 667 g/mol. The van der Waals surface area contributed by atoms with E-state index in [0.29, 0.717) is 0 Å². The van der Waals surface area contributed by atoms with Crippen molar-refractivity contribution >= 4 is 68.0 Å². The summed E-state index contributed by atoms with van der Waals surface area (Å²) in [6, 6.07) is 0. The van der Waals surface area contributed by atoms with Crippen LogP contribution in [0, 0.1) is 0 Å². The van der Waals surface area contributed by atoms with Crippen molar-refractivity contribution in [3.8, 4) is 0 Å². The molecule has 3 N–H and O–H groups in total. The molecule has 0 radical (unpaired) electrons. The van der Waals surface area contributed by atoms with Crippen LogP contribution in [0.5, 0.6) is 0 Å². The van der Waals surface area contributed by atoms with Crippen LogP contribution in [0.2, 0.25) is 0 Å². The Balaban J connectivity index is -0.000000276. The van der Waals surface area contributed by atoms with E-state index in [1.165, 1.54) is 37.6 Å². The summed E-state index contributed by atoms with van der Waals surface area (Å²) in [5.41, 5.74) is 0. The van der Waals surface area contributed by atoms with Gasteiger partial charge < -0.3 is 30.0 Å². The lowest BCUT2D eigenvalue weighted by molar-refractivity contribution is -0.140. The Morgan fingerprint density at radius 2 is 1.13 bits per heavy atom. The van der Waals surface area contributed by atoms with Crippen LogP contribution in [-0.2, 0) is 49.4 Å². The molecule has 3 amide bonds. The van der Waals surface area contributed by atoms with Crippen molar-refractivity contribution in [1.82, 2.24) is 14.7 Å². The number of carboxylic acid groups (broad SMARTS) is 3. The van der Waals surface area contributed by atoms with Gasteiger partial charge in [-0.05, 0) is 41.5 Å². The third-order valence-corrected chi connectivity index (χ3v) is 14.0. The van der Waals surface area contributed by atoms with Crippen molar-refractivity contribution in [3.05, 3.63) is 0 Å². The number of hydrogen-bond acceptors (Lipinski definition) is 10. The van der Waals surface area contributed by atoms with Crippen molar-refractivity contribution in [2.75, 3.05) is 21.1 Å². The molecule has 0 spiro atoms. The molecular formula is C28H55N3O12S3. The molecule has 3 rings (SSSR count). The molecule has 4 unspecified atom stereocenters. The highest BCUT2D eigenvalue weighted by Crippen LogP contribution is 2.41. The van der Waals surface area contributed by atoms with Gasteiger partial charge in [-0.2, -0.15) is 0 Å². The zero-order valence-corrected chi connectivity index (χ0v) is 27.4. The normalized spacial score (nSPS) is 26.0. The third kappa shape index (κ3) is 10.1. The lowest BCUT2D eigenvalue weighted by atomic mass is 10.2. The fourth-order valence-electron chi connectivity index (χ4n) is 4.13. The number of carboxylic acids is 3. The smallest absolute Gasteiger partial charge is 0.305 e. The molecule has 0 aromatic carbocycles. The van der Waals surface area contributed by atoms with Crippen molar-refractivity contribution in [3.63, 3.8) is 0 Å². The molecule has 18 heteroatoms.